The lowest BCUT2D eigenvalue weighted by atomic mass is 10.1. The van der Waals surface area contributed by atoms with Gasteiger partial charge in [0.15, 0.2) is 0 Å². The van der Waals surface area contributed by atoms with E-state index in [1.54, 1.807) is 4.90 Å². The molecule has 2 N–H and O–H groups in total. The van der Waals surface area contributed by atoms with E-state index in [1.165, 1.54) is 0 Å². The van der Waals surface area contributed by atoms with Gasteiger partial charge in [0.1, 0.15) is 11.9 Å². The maximum Gasteiger partial charge on any atom is 0.228 e. The zero-order chi connectivity index (χ0) is 12.6. The Morgan fingerprint density at radius 1 is 1.59 bits per heavy atom. The predicted octanol–water partition coefficient (Wildman–Crippen LogP) is 0.848. The Kier molecular flexibility index (Phi) is 2.90. The van der Waals surface area contributed by atoms with Crippen molar-refractivity contribution < 1.29 is 9.90 Å². The molecule has 1 amide bonds. The fourth-order valence-electron chi connectivity index (χ4n) is 2.16. The Labute approximate surface area is 99.7 Å². The highest BCUT2D eigenvalue weighted by Crippen LogP contribution is 2.30. The van der Waals surface area contributed by atoms with Gasteiger partial charge in [-0.15, -0.1) is 0 Å². The van der Waals surface area contributed by atoms with E-state index in [1.807, 2.05) is 13.8 Å². The first kappa shape index (κ1) is 11.7. The van der Waals surface area contributed by atoms with Crippen LogP contribution in [0, 0.1) is 31.1 Å². The molecule has 1 saturated heterocycles. The van der Waals surface area contributed by atoms with Gasteiger partial charge in [0.25, 0.3) is 0 Å². The van der Waals surface area contributed by atoms with Crippen LogP contribution in [0.5, 0.6) is 0 Å². The number of aliphatic hydroxyl groups is 1. The topological polar surface area (TPSA) is 80.1 Å². The van der Waals surface area contributed by atoms with Gasteiger partial charge in [-0.1, -0.05) is 0 Å². The van der Waals surface area contributed by atoms with Gasteiger partial charge < -0.3 is 10.1 Å². The third-order valence-electron chi connectivity index (χ3n) is 3.33. The van der Waals surface area contributed by atoms with Crippen LogP contribution in [0.1, 0.15) is 23.2 Å². The molecule has 0 aromatic carbocycles. The summed E-state index contributed by atoms with van der Waals surface area (Å²) in [5.41, 5.74) is 2.30. The summed E-state index contributed by atoms with van der Waals surface area (Å²) in [6.45, 7) is 4.22. The lowest BCUT2D eigenvalue weighted by Gasteiger charge is -2.14. The van der Waals surface area contributed by atoms with E-state index < -0.39 is 0 Å². The van der Waals surface area contributed by atoms with Gasteiger partial charge >= 0.3 is 0 Å². The van der Waals surface area contributed by atoms with E-state index in [4.69, 9.17) is 10.4 Å². The van der Waals surface area contributed by atoms with Crippen LogP contribution in [0.15, 0.2) is 0 Å². The van der Waals surface area contributed by atoms with Crippen LogP contribution in [0.4, 0.5) is 5.82 Å². The Balaban J connectivity index is 2.39. The normalized spacial score (nSPS) is 19.8. The Morgan fingerprint density at radius 3 is 2.82 bits per heavy atom. The van der Waals surface area contributed by atoms with Gasteiger partial charge in [0.05, 0.1) is 5.56 Å². The smallest absolute Gasteiger partial charge is 0.228 e. The van der Waals surface area contributed by atoms with Crippen LogP contribution in [-0.2, 0) is 4.79 Å². The van der Waals surface area contributed by atoms with Crippen LogP contribution in [0.25, 0.3) is 0 Å². The molecule has 2 rings (SSSR count). The highest BCUT2D eigenvalue weighted by molar-refractivity contribution is 5.96. The molecule has 1 unspecified atom stereocenters. The second-order valence-electron chi connectivity index (χ2n) is 4.47. The summed E-state index contributed by atoms with van der Waals surface area (Å²) < 4.78 is 0. The zero-order valence-electron chi connectivity index (χ0n) is 9.95. The average molecular weight is 233 g/mol. The highest BCUT2D eigenvalue weighted by Gasteiger charge is 2.32. The molecule has 0 spiro atoms. The van der Waals surface area contributed by atoms with Crippen LogP contribution >= 0.6 is 0 Å². The molecule has 1 aromatic rings. The first-order chi connectivity index (χ1) is 8.08. The highest BCUT2D eigenvalue weighted by atomic mass is 16.3. The number of aromatic nitrogens is 1. The predicted molar refractivity (Wildman–Crippen MR) is 62.5 cm³/mol. The second-order valence-corrected chi connectivity index (χ2v) is 4.47. The number of hydrogen-bond donors (Lipinski definition) is 2. The number of nitrogens with one attached hydrogen (secondary N) is 1. The summed E-state index contributed by atoms with van der Waals surface area (Å²) in [6.07, 6.45) is 0.346. The number of nitrogens with zero attached hydrogens (tertiary/aromatic N) is 2. The summed E-state index contributed by atoms with van der Waals surface area (Å²) in [5.74, 6) is 0.503. The van der Waals surface area contributed by atoms with Crippen molar-refractivity contribution in [1.29, 1.82) is 5.26 Å². The molecular formula is C12H15N3O2. The second kappa shape index (κ2) is 4.22. The molecule has 0 radical (unpaired) electrons. The van der Waals surface area contributed by atoms with Gasteiger partial charge in [0, 0.05) is 31.2 Å². The summed E-state index contributed by atoms with van der Waals surface area (Å²) in [4.78, 5) is 16.5. The van der Waals surface area contributed by atoms with Crippen LogP contribution in [0.2, 0.25) is 0 Å². The number of amides is 1. The standard InChI is InChI=1S/C12H15N3O2/c1-7-8(2)14-12(10(7)4-13)15-5-9(6-16)3-11(15)17/h9,14,16H,3,5-6H2,1-2H3. The Morgan fingerprint density at radius 2 is 2.29 bits per heavy atom. The molecule has 5 nitrogen and oxygen atoms in total. The van der Waals surface area contributed by atoms with Crippen molar-refractivity contribution in [3.8, 4) is 6.07 Å². The first-order valence-corrected chi connectivity index (χ1v) is 5.59. The maximum atomic E-state index is 11.8. The molecule has 5 heteroatoms. The SMILES string of the molecule is Cc1[nH]c(N2CC(CO)CC2=O)c(C#N)c1C. The summed E-state index contributed by atoms with van der Waals surface area (Å²) in [6, 6.07) is 2.13. The lowest BCUT2D eigenvalue weighted by Crippen LogP contribution is -2.26. The van der Waals surface area contributed by atoms with Gasteiger partial charge in [-0.3, -0.25) is 9.69 Å². The first-order valence-electron chi connectivity index (χ1n) is 5.59. The van der Waals surface area contributed by atoms with Crippen molar-refractivity contribution in [2.75, 3.05) is 18.1 Å². The molecule has 90 valence electrons. The molecule has 1 aromatic heterocycles. The number of aliphatic hydroxyl groups excluding tert-OH is 1. The van der Waals surface area contributed by atoms with E-state index in [0.29, 0.717) is 24.3 Å². The van der Waals surface area contributed by atoms with Gasteiger partial charge in [-0.2, -0.15) is 5.26 Å². The third-order valence-corrected chi connectivity index (χ3v) is 3.33. The number of aromatic amines is 1. The third kappa shape index (κ3) is 1.81. The number of nitriles is 1. The van der Waals surface area contributed by atoms with Gasteiger partial charge in [0.2, 0.25) is 5.91 Å². The maximum absolute atomic E-state index is 11.8. The van der Waals surface area contributed by atoms with Gasteiger partial charge in [-0.05, 0) is 19.4 Å². The number of H-pyrrole nitrogens is 1. The average Bonchev–Trinajstić information content (AvgIpc) is 2.81. The molecule has 0 aliphatic carbocycles. The van der Waals surface area contributed by atoms with Crippen molar-refractivity contribution in [1.82, 2.24) is 4.98 Å². The number of carbonyl (C=O) groups excluding carboxylic acids is 1. The zero-order valence-corrected chi connectivity index (χ0v) is 9.95. The van der Waals surface area contributed by atoms with Gasteiger partial charge in [-0.25, -0.2) is 0 Å². The molecule has 1 atom stereocenters. The van der Waals surface area contributed by atoms with Crippen LogP contribution in [-0.4, -0.2) is 29.1 Å². The molecule has 17 heavy (non-hydrogen) atoms. The Hall–Kier alpha value is -1.80. The van der Waals surface area contributed by atoms with Crippen LogP contribution < -0.4 is 4.90 Å². The van der Waals surface area contributed by atoms with Crippen molar-refractivity contribution in [2.45, 2.75) is 20.3 Å². The quantitative estimate of drug-likeness (QED) is 0.794. The number of rotatable bonds is 2. The van der Waals surface area contributed by atoms with Crippen molar-refractivity contribution in [3.05, 3.63) is 16.8 Å². The lowest BCUT2D eigenvalue weighted by molar-refractivity contribution is -0.117. The van der Waals surface area contributed by atoms with Crippen molar-refractivity contribution in [2.24, 2.45) is 5.92 Å². The molecule has 2 heterocycles. The molecule has 1 aliphatic heterocycles. The molecule has 1 aliphatic rings. The summed E-state index contributed by atoms with van der Waals surface area (Å²) >= 11 is 0. The minimum absolute atomic E-state index is 0.00278. The number of hydrogen-bond acceptors (Lipinski definition) is 3. The van der Waals surface area contributed by atoms with E-state index in [9.17, 15) is 4.79 Å². The molecule has 0 saturated carbocycles. The summed E-state index contributed by atoms with van der Waals surface area (Å²) in [5, 5.41) is 18.2. The van der Waals surface area contributed by atoms with E-state index in [2.05, 4.69) is 11.1 Å². The fourth-order valence-corrected chi connectivity index (χ4v) is 2.16. The monoisotopic (exact) mass is 233 g/mol. The number of anilines is 1. The number of aryl methyl sites for hydroxylation is 1. The largest absolute Gasteiger partial charge is 0.396 e. The molecule has 1 fully saturated rings. The van der Waals surface area contributed by atoms with Crippen LogP contribution in [0.3, 0.4) is 0 Å². The van der Waals surface area contributed by atoms with E-state index in [-0.39, 0.29) is 18.4 Å². The minimum atomic E-state index is -0.0400. The fraction of sp³-hybridized carbons (Fsp3) is 0.500. The van der Waals surface area contributed by atoms with Crippen molar-refractivity contribution >= 4 is 11.7 Å². The summed E-state index contributed by atoms with van der Waals surface area (Å²) in [7, 11) is 0. The van der Waals surface area contributed by atoms with E-state index in [0.717, 1.165) is 11.3 Å². The Bertz CT molecular complexity index is 499. The van der Waals surface area contributed by atoms with Crippen molar-refractivity contribution in [3.63, 3.8) is 0 Å². The molecule has 0 bridgehead atoms. The number of carbonyl (C=O) groups is 1. The van der Waals surface area contributed by atoms with E-state index >= 15 is 0 Å². The molecular weight excluding hydrogens is 218 g/mol. The minimum Gasteiger partial charge on any atom is -0.396 e.